The molecule has 4 nitrogen and oxygen atoms in total. The van der Waals surface area contributed by atoms with E-state index in [0.717, 1.165) is 30.9 Å². The Morgan fingerprint density at radius 3 is 3.18 bits per heavy atom. The van der Waals surface area contributed by atoms with Crippen molar-refractivity contribution in [3.05, 3.63) is 48.4 Å². The highest BCUT2D eigenvalue weighted by Gasteiger charge is 2.17. The standard InChI is InChI=1S/C13H15N3O/c1-2-4-11(5-3-1)13-14-7-8-16(13)10-12-6-9-17-15-12/h1-2,6-9,11H,3-5,10H2. The Labute approximate surface area is 100.0 Å². The highest BCUT2D eigenvalue weighted by atomic mass is 16.5. The SMILES string of the molecule is C1=CCC(c2nccn2Cc2ccon2)CC1. The van der Waals surface area contributed by atoms with Crippen molar-refractivity contribution in [3.8, 4) is 0 Å². The van der Waals surface area contributed by atoms with Crippen LogP contribution in [-0.4, -0.2) is 14.7 Å². The first kappa shape index (κ1) is 10.3. The summed E-state index contributed by atoms with van der Waals surface area (Å²) in [5.74, 6) is 1.71. The van der Waals surface area contributed by atoms with Crippen LogP contribution in [0.15, 0.2) is 41.4 Å². The van der Waals surface area contributed by atoms with Crippen LogP contribution in [-0.2, 0) is 6.54 Å². The van der Waals surface area contributed by atoms with E-state index in [0.29, 0.717) is 5.92 Å². The molecule has 1 unspecified atom stereocenters. The fraction of sp³-hybridized carbons (Fsp3) is 0.385. The molecule has 0 bridgehead atoms. The fourth-order valence-corrected chi connectivity index (χ4v) is 2.34. The molecule has 3 rings (SSSR count). The lowest BCUT2D eigenvalue weighted by Gasteiger charge is -2.18. The lowest BCUT2D eigenvalue weighted by molar-refractivity contribution is 0.408. The van der Waals surface area contributed by atoms with Gasteiger partial charge in [-0.15, -0.1) is 0 Å². The average Bonchev–Trinajstić information content (AvgIpc) is 3.02. The number of hydrogen-bond acceptors (Lipinski definition) is 3. The van der Waals surface area contributed by atoms with Crippen molar-refractivity contribution in [2.45, 2.75) is 31.7 Å². The molecular formula is C13H15N3O. The highest BCUT2D eigenvalue weighted by molar-refractivity contribution is 5.09. The largest absolute Gasteiger partial charge is 0.364 e. The van der Waals surface area contributed by atoms with Crippen molar-refractivity contribution < 1.29 is 4.52 Å². The van der Waals surface area contributed by atoms with E-state index in [1.54, 1.807) is 6.26 Å². The lowest BCUT2D eigenvalue weighted by atomic mass is 9.93. The number of imidazole rings is 1. The molecule has 0 saturated heterocycles. The Hall–Kier alpha value is -1.84. The molecule has 0 aromatic carbocycles. The highest BCUT2D eigenvalue weighted by Crippen LogP contribution is 2.28. The van der Waals surface area contributed by atoms with E-state index < -0.39 is 0 Å². The maximum Gasteiger partial charge on any atom is 0.124 e. The van der Waals surface area contributed by atoms with Crippen molar-refractivity contribution in [1.29, 1.82) is 0 Å². The van der Waals surface area contributed by atoms with Crippen molar-refractivity contribution in [2.75, 3.05) is 0 Å². The molecule has 1 aliphatic rings. The third kappa shape index (κ3) is 2.16. The molecular weight excluding hydrogens is 214 g/mol. The second-order valence-electron chi connectivity index (χ2n) is 4.39. The molecule has 2 aromatic rings. The van der Waals surface area contributed by atoms with Gasteiger partial charge in [-0.05, 0) is 19.3 Å². The molecule has 1 aliphatic carbocycles. The van der Waals surface area contributed by atoms with Gasteiger partial charge in [-0.3, -0.25) is 0 Å². The normalized spacial score (nSPS) is 19.6. The minimum atomic E-state index is 0.543. The van der Waals surface area contributed by atoms with E-state index >= 15 is 0 Å². The Morgan fingerprint density at radius 1 is 1.41 bits per heavy atom. The molecule has 0 fully saturated rings. The molecule has 1 atom stereocenters. The summed E-state index contributed by atoms with van der Waals surface area (Å²) in [6, 6.07) is 1.89. The van der Waals surface area contributed by atoms with E-state index in [9.17, 15) is 0 Å². The summed E-state index contributed by atoms with van der Waals surface area (Å²) in [6.45, 7) is 0.742. The number of allylic oxidation sites excluding steroid dienone is 2. The summed E-state index contributed by atoms with van der Waals surface area (Å²) in [4.78, 5) is 4.49. The van der Waals surface area contributed by atoms with Gasteiger partial charge in [0.15, 0.2) is 0 Å². The maximum atomic E-state index is 4.85. The van der Waals surface area contributed by atoms with E-state index in [2.05, 4.69) is 26.9 Å². The summed E-state index contributed by atoms with van der Waals surface area (Å²) >= 11 is 0. The Kier molecular flexibility index (Phi) is 2.78. The predicted octanol–water partition coefficient (Wildman–Crippen LogP) is 2.74. The monoisotopic (exact) mass is 229 g/mol. The number of nitrogens with zero attached hydrogens (tertiary/aromatic N) is 3. The lowest BCUT2D eigenvalue weighted by Crippen LogP contribution is -2.11. The maximum absolute atomic E-state index is 4.85. The van der Waals surface area contributed by atoms with Crippen LogP contribution in [0.5, 0.6) is 0 Å². The molecule has 17 heavy (non-hydrogen) atoms. The van der Waals surface area contributed by atoms with Crippen LogP contribution in [0.3, 0.4) is 0 Å². The smallest absolute Gasteiger partial charge is 0.124 e. The van der Waals surface area contributed by atoms with Gasteiger partial charge < -0.3 is 9.09 Å². The van der Waals surface area contributed by atoms with Crippen molar-refractivity contribution in [1.82, 2.24) is 14.7 Å². The zero-order chi connectivity index (χ0) is 11.5. The molecule has 0 saturated carbocycles. The average molecular weight is 229 g/mol. The van der Waals surface area contributed by atoms with Gasteiger partial charge in [-0.25, -0.2) is 4.98 Å². The number of rotatable bonds is 3. The molecule has 0 N–H and O–H groups in total. The van der Waals surface area contributed by atoms with E-state index in [4.69, 9.17) is 4.52 Å². The van der Waals surface area contributed by atoms with Gasteiger partial charge >= 0.3 is 0 Å². The molecule has 0 aliphatic heterocycles. The molecule has 2 aromatic heterocycles. The summed E-state index contributed by atoms with van der Waals surface area (Å²) in [5, 5.41) is 3.94. The van der Waals surface area contributed by atoms with E-state index in [1.165, 1.54) is 6.42 Å². The van der Waals surface area contributed by atoms with Crippen LogP contribution in [0.1, 0.15) is 36.7 Å². The topological polar surface area (TPSA) is 43.9 Å². The zero-order valence-electron chi connectivity index (χ0n) is 9.62. The van der Waals surface area contributed by atoms with Crippen LogP contribution >= 0.6 is 0 Å². The van der Waals surface area contributed by atoms with Crippen LogP contribution in [0.25, 0.3) is 0 Å². The molecule has 88 valence electrons. The predicted molar refractivity (Wildman–Crippen MR) is 63.6 cm³/mol. The van der Waals surface area contributed by atoms with Crippen molar-refractivity contribution >= 4 is 0 Å². The van der Waals surface area contributed by atoms with Crippen LogP contribution in [0, 0.1) is 0 Å². The first-order valence-corrected chi connectivity index (χ1v) is 5.99. The van der Waals surface area contributed by atoms with Gasteiger partial charge in [0.05, 0.1) is 6.54 Å². The molecule has 0 amide bonds. The second-order valence-corrected chi connectivity index (χ2v) is 4.39. The summed E-state index contributed by atoms with van der Waals surface area (Å²) in [5.41, 5.74) is 0.940. The van der Waals surface area contributed by atoms with Crippen LogP contribution < -0.4 is 0 Å². The summed E-state index contributed by atoms with van der Waals surface area (Å²) in [6.07, 6.45) is 13.4. The third-order valence-electron chi connectivity index (χ3n) is 3.21. The molecule has 2 heterocycles. The van der Waals surface area contributed by atoms with Crippen molar-refractivity contribution in [2.24, 2.45) is 0 Å². The minimum Gasteiger partial charge on any atom is -0.364 e. The molecule has 0 radical (unpaired) electrons. The van der Waals surface area contributed by atoms with Gasteiger partial charge in [-0.1, -0.05) is 17.3 Å². The van der Waals surface area contributed by atoms with E-state index in [-0.39, 0.29) is 0 Å². The van der Waals surface area contributed by atoms with E-state index in [1.807, 2.05) is 18.5 Å². The van der Waals surface area contributed by atoms with Gasteiger partial charge in [0, 0.05) is 24.4 Å². The van der Waals surface area contributed by atoms with Gasteiger partial charge in [0.2, 0.25) is 0 Å². The van der Waals surface area contributed by atoms with Gasteiger partial charge in [-0.2, -0.15) is 0 Å². The summed E-state index contributed by atoms with van der Waals surface area (Å²) < 4.78 is 7.02. The number of aromatic nitrogens is 3. The summed E-state index contributed by atoms with van der Waals surface area (Å²) in [7, 11) is 0. The first-order chi connectivity index (χ1) is 8.43. The quantitative estimate of drug-likeness (QED) is 0.760. The Bertz CT molecular complexity index is 498. The fourth-order valence-electron chi connectivity index (χ4n) is 2.34. The van der Waals surface area contributed by atoms with Crippen molar-refractivity contribution in [3.63, 3.8) is 0 Å². The Balaban J connectivity index is 1.81. The number of hydrogen-bond donors (Lipinski definition) is 0. The third-order valence-corrected chi connectivity index (χ3v) is 3.21. The van der Waals surface area contributed by atoms with Gasteiger partial charge in [0.25, 0.3) is 0 Å². The Morgan fingerprint density at radius 2 is 2.41 bits per heavy atom. The minimum absolute atomic E-state index is 0.543. The molecule has 4 heteroatoms. The first-order valence-electron chi connectivity index (χ1n) is 5.99. The van der Waals surface area contributed by atoms with Crippen LogP contribution in [0.4, 0.5) is 0 Å². The zero-order valence-corrected chi connectivity index (χ0v) is 9.62. The second kappa shape index (κ2) is 4.57. The molecule has 0 spiro atoms. The van der Waals surface area contributed by atoms with Crippen LogP contribution in [0.2, 0.25) is 0 Å². The van der Waals surface area contributed by atoms with Gasteiger partial charge in [0.1, 0.15) is 17.8 Å².